The van der Waals surface area contributed by atoms with Crippen LogP contribution in [-0.2, 0) is 12.7 Å². The lowest BCUT2D eigenvalue weighted by molar-refractivity contribution is -0.137. The van der Waals surface area contributed by atoms with E-state index in [9.17, 15) is 23.1 Å². The third-order valence-corrected chi connectivity index (χ3v) is 8.91. The largest absolute Gasteiger partial charge is 0.416 e. The molecule has 6 nitrogen and oxygen atoms in total. The summed E-state index contributed by atoms with van der Waals surface area (Å²) in [5.74, 6) is 1.14. The van der Waals surface area contributed by atoms with Gasteiger partial charge >= 0.3 is 6.18 Å². The number of hydrogen-bond donors (Lipinski definition) is 1. The lowest BCUT2D eigenvalue weighted by Crippen LogP contribution is -2.43. The van der Waals surface area contributed by atoms with Crippen molar-refractivity contribution in [2.24, 2.45) is 11.8 Å². The van der Waals surface area contributed by atoms with Gasteiger partial charge in [-0.15, -0.1) is 0 Å². The Labute approximate surface area is 261 Å². The summed E-state index contributed by atoms with van der Waals surface area (Å²) in [4.78, 5) is 21.5. The highest BCUT2D eigenvalue weighted by atomic mass is 19.4. The van der Waals surface area contributed by atoms with Gasteiger partial charge in [0.2, 0.25) is 0 Å². The second-order valence-electron chi connectivity index (χ2n) is 12.0. The van der Waals surface area contributed by atoms with Crippen LogP contribution in [0.5, 0.6) is 0 Å². The molecule has 1 aromatic heterocycles. The number of halogens is 3. The molecule has 3 aromatic rings. The van der Waals surface area contributed by atoms with E-state index in [0.29, 0.717) is 25.0 Å². The van der Waals surface area contributed by atoms with Crippen molar-refractivity contribution in [2.45, 2.75) is 85.5 Å². The van der Waals surface area contributed by atoms with Gasteiger partial charge in [-0.2, -0.15) is 13.2 Å². The number of aliphatic hydroxyl groups is 1. The number of aromatic nitrogens is 2. The van der Waals surface area contributed by atoms with Crippen molar-refractivity contribution in [1.29, 1.82) is 0 Å². The van der Waals surface area contributed by atoms with E-state index in [4.69, 9.17) is 4.98 Å². The summed E-state index contributed by atoms with van der Waals surface area (Å²) < 4.78 is 39.7. The predicted molar refractivity (Wildman–Crippen MR) is 172 cm³/mol. The Morgan fingerprint density at radius 2 is 1.68 bits per heavy atom. The van der Waals surface area contributed by atoms with E-state index in [1.807, 2.05) is 20.8 Å². The molecular formula is C35H51F3N4O2. The third kappa shape index (κ3) is 9.38. The van der Waals surface area contributed by atoms with Crippen molar-refractivity contribution in [3.05, 3.63) is 65.0 Å². The second-order valence-corrected chi connectivity index (χ2v) is 12.0. The van der Waals surface area contributed by atoms with Crippen LogP contribution in [0.15, 0.2) is 42.5 Å². The van der Waals surface area contributed by atoms with E-state index in [1.54, 1.807) is 6.92 Å². The van der Waals surface area contributed by atoms with Gasteiger partial charge in [-0.25, -0.2) is 4.98 Å². The molecule has 0 radical (unpaired) electrons. The summed E-state index contributed by atoms with van der Waals surface area (Å²) in [5.41, 5.74) is 3.14. The second kappa shape index (κ2) is 16.5. The van der Waals surface area contributed by atoms with Crippen molar-refractivity contribution in [2.75, 3.05) is 39.8 Å². The zero-order chi connectivity index (χ0) is 32.4. The Morgan fingerprint density at radius 1 is 1.02 bits per heavy atom. The Balaban J connectivity index is 0.000000254. The number of aryl methyl sites for hydroxylation is 1. The predicted octanol–water partition coefficient (Wildman–Crippen LogP) is 7.78. The summed E-state index contributed by atoms with van der Waals surface area (Å²) in [6, 6.07) is 11.9. The highest BCUT2D eigenvalue weighted by Crippen LogP contribution is 2.35. The molecular weight excluding hydrogens is 565 g/mol. The number of ketones is 1. The fraction of sp³-hybridized carbons (Fsp3) is 0.600. The maximum absolute atomic E-state index is 12.4. The molecule has 244 valence electrons. The summed E-state index contributed by atoms with van der Waals surface area (Å²) >= 11 is 0. The highest BCUT2D eigenvalue weighted by Gasteiger charge is 2.31. The molecule has 2 aliphatic rings. The van der Waals surface area contributed by atoms with E-state index < -0.39 is 11.7 Å². The van der Waals surface area contributed by atoms with Crippen molar-refractivity contribution >= 4 is 16.8 Å². The number of imidazole rings is 1. The minimum atomic E-state index is -4.40. The van der Waals surface area contributed by atoms with Gasteiger partial charge in [0, 0.05) is 56.9 Å². The van der Waals surface area contributed by atoms with Gasteiger partial charge in [-0.3, -0.25) is 9.69 Å². The molecule has 0 amide bonds. The molecule has 1 unspecified atom stereocenters. The minimum Gasteiger partial charge on any atom is -0.396 e. The Hall–Kier alpha value is -2.75. The molecule has 2 fully saturated rings. The first-order valence-corrected chi connectivity index (χ1v) is 16.2. The van der Waals surface area contributed by atoms with E-state index in [1.165, 1.54) is 23.2 Å². The number of benzene rings is 2. The molecule has 5 rings (SSSR count). The van der Waals surface area contributed by atoms with E-state index in [-0.39, 0.29) is 17.3 Å². The van der Waals surface area contributed by atoms with E-state index in [2.05, 4.69) is 46.5 Å². The maximum Gasteiger partial charge on any atom is 0.416 e. The zero-order valence-corrected chi connectivity index (χ0v) is 27.3. The van der Waals surface area contributed by atoms with Crippen LogP contribution in [0.4, 0.5) is 13.2 Å². The topological polar surface area (TPSA) is 61.6 Å². The maximum atomic E-state index is 12.4. The molecule has 2 heterocycles. The SMILES string of the molecule is CC.CCC(C)C(=O)c1cccc(C(F)(F)F)c1.Cc1nc2cc(CN3CCN(C)CC3)ccc2n1C1CCC(CO)CC1. The Morgan fingerprint density at radius 3 is 2.27 bits per heavy atom. The molecule has 1 atom stereocenters. The lowest BCUT2D eigenvalue weighted by atomic mass is 9.86. The van der Waals surface area contributed by atoms with Gasteiger partial charge in [-0.1, -0.05) is 45.9 Å². The molecule has 9 heteroatoms. The summed E-state index contributed by atoms with van der Waals surface area (Å²) in [6.45, 7) is 15.7. The zero-order valence-electron chi connectivity index (χ0n) is 27.3. The molecule has 44 heavy (non-hydrogen) atoms. The summed E-state index contributed by atoms with van der Waals surface area (Å²) in [5, 5.41) is 9.39. The molecule has 1 saturated carbocycles. The average molecular weight is 617 g/mol. The quantitative estimate of drug-likeness (QED) is 0.275. The van der Waals surface area contributed by atoms with Crippen LogP contribution in [0.25, 0.3) is 11.0 Å². The molecule has 1 aliphatic heterocycles. The van der Waals surface area contributed by atoms with Gasteiger partial charge in [-0.05, 0) is 81.8 Å². The normalized spacial score (nSPS) is 20.3. The van der Waals surface area contributed by atoms with Crippen LogP contribution in [0.1, 0.15) is 93.2 Å². The number of fused-ring (bicyclic) bond motifs is 1. The van der Waals surface area contributed by atoms with Gasteiger partial charge in [0.15, 0.2) is 5.78 Å². The number of rotatable bonds is 7. The molecule has 1 N–H and O–H groups in total. The third-order valence-electron chi connectivity index (χ3n) is 8.91. The molecule has 0 bridgehead atoms. The number of hydrogen-bond acceptors (Lipinski definition) is 5. The molecule has 1 saturated heterocycles. The van der Waals surface area contributed by atoms with Gasteiger partial charge < -0.3 is 14.6 Å². The molecule has 1 aliphatic carbocycles. The highest BCUT2D eigenvalue weighted by molar-refractivity contribution is 5.97. The number of Topliss-reactive ketones (excluding diaryl/α,β-unsaturated/α-hetero) is 1. The van der Waals surface area contributed by atoms with Crippen LogP contribution in [-0.4, -0.2) is 70.1 Å². The van der Waals surface area contributed by atoms with Crippen molar-refractivity contribution in [3.63, 3.8) is 0 Å². The summed E-state index contributed by atoms with van der Waals surface area (Å²) in [7, 11) is 2.20. The monoisotopic (exact) mass is 616 g/mol. The number of carbonyl (C=O) groups is 1. The number of piperazine rings is 1. The average Bonchev–Trinajstić information content (AvgIpc) is 3.37. The Bertz CT molecular complexity index is 1320. The fourth-order valence-electron chi connectivity index (χ4n) is 5.99. The lowest BCUT2D eigenvalue weighted by Gasteiger charge is -2.32. The van der Waals surface area contributed by atoms with Crippen LogP contribution in [0, 0.1) is 18.8 Å². The minimum absolute atomic E-state index is 0.129. The first-order chi connectivity index (χ1) is 21.0. The first-order valence-electron chi connectivity index (χ1n) is 16.2. The number of aliphatic hydroxyl groups excluding tert-OH is 1. The number of likely N-dealkylation sites (N-methyl/N-ethyl adjacent to an activating group) is 1. The van der Waals surface area contributed by atoms with Crippen LogP contribution < -0.4 is 0 Å². The van der Waals surface area contributed by atoms with Gasteiger partial charge in [0.05, 0.1) is 16.6 Å². The summed E-state index contributed by atoms with van der Waals surface area (Å²) in [6.07, 6.45) is 0.783. The fourth-order valence-corrected chi connectivity index (χ4v) is 5.99. The van der Waals surface area contributed by atoms with Crippen molar-refractivity contribution in [1.82, 2.24) is 19.4 Å². The Kier molecular flexibility index (Phi) is 13.4. The van der Waals surface area contributed by atoms with E-state index >= 15 is 0 Å². The standard InChI is InChI=1S/C21H32N4O.C12H13F3O.C2H6/c1-16-22-20-13-18(14-24-11-9-23(2)10-12-24)5-8-21(20)25(16)19-6-3-17(15-26)4-7-19;1-3-8(2)11(16)9-5-4-6-10(7-9)12(13,14)15;1-2/h5,8,13,17,19,26H,3-4,6-7,9-12,14-15H2,1-2H3;4-8H,3H2,1-2H3;1-2H3. The van der Waals surface area contributed by atoms with Crippen LogP contribution in [0.3, 0.4) is 0 Å². The van der Waals surface area contributed by atoms with Crippen molar-refractivity contribution < 1.29 is 23.1 Å². The van der Waals surface area contributed by atoms with Crippen LogP contribution >= 0.6 is 0 Å². The smallest absolute Gasteiger partial charge is 0.396 e. The molecule has 2 aromatic carbocycles. The van der Waals surface area contributed by atoms with Gasteiger partial charge in [0.25, 0.3) is 0 Å². The number of nitrogens with zero attached hydrogens (tertiary/aromatic N) is 4. The van der Waals surface area contributed by atoms with Gasteiger partial charge in [0.1, 0.15) is 5.82 Å². The number of alkyl halides is 3. The first kappa shape index (κ1) is 35.7. The van der Waals surface area contributed by atoms with E-state index in [0.717, 1.165) is 81.9 Å². The number of carbonyl (C=O) groups excluding carboxylic acids is 1. The molecule has 0 spiro atoms. The van der Waals surface area contributed by atoms with Crippen LogP contribution in [0.2, 0.25) is 0 Å². The van der Waals surface area contributed by atoms with Crippen molar-refractivity contribution in [3.8, 4) is 0 Å².